The van der Waals surface area contributed by atoms with E-state index in [-0.39, 0.29) is 0 Å². The molecule has 0 radical (unpaired) electrons. The maximum absolute atomic E-state index is 5.96. The second-order valence-corrected chi connectivity index (χ2v) is 8.63. The fourth-order valence-electron chi connectivity index (χ4n) is 3.44. The summed E-state index contributed by atoms with van der Waals surface area (Å²) >= 11 is 7.49. The van der Waals surface area contributed by atoms with Gasteiger partial charge in [-0.2, -0.15) is 0 Å². The Hall–Kier alpha value is -2.88. The van der Waals surface area contributed by atoms with Crippen LogP contribution < -0.4 is 4.90 Å². The van der Waals surface area contributed by atoms with Gasteiger partial charge in [-0.05, 0) is 29.8 Å². The molecule has 5 rings (SSSR count). The van der Waals surface area contributed by atoms with Crippen molar-refractivity contribution in [2.75, 3.05) is 31.2 Å². The number of morpholine rings is 1. The summed E-state index contributed by atoms with van der Waals surface area (Å²) in [6.45, 7) is 3.66. The van der Waals surface area contributed by atoms with E-state index in [0.29, 0.717) is 42.3 Å². The number of nitrogens with zero attached hydrogens (tertiary/aromatic N) is 6. The predicted octanol–water partition coefficient (Wildman–Crippen LogP) is 4.16. The van der Waals surface area contributed by atoms with E-state index in [1.165, 1.54) is 17.3 Å². The van der Waals surface area contributed by atoms with Crippen LogP contribution in [0.4, 0.5) is 5.95 Å². The van der Waals surface area contributed by atoms with Crippen molar-refractivity contribution in [1.29, 1.82) is 0 Å². The summed E-state index contributed by atoms with van der Waals surface area (Å²) < 4.78 is 13.5. The number of thioether (sulfide) groups is 1. The standard InChI is InChI=1S/C22H21ClN6O2S/c23-18-8-6-17(7-9-18)20-25-24-19(31-20)15-32-22-27-26-21(28-10-12-30-13-11-28)29(22)14-16-4-2-1-3-5-16/h1-9H,10-15H2. The van der Waals surface area contributed by atoms with Crippen molar-refractivity contribution in [3.63, 3.8) is 0 Å². The first-order valence-corrected chi connectivity index (χ1v) is 11.6. The number of hydrogen-bond donors (Lipinski definition) is 0. The minimum Gasteiger partial charge on any atom is -0.420 e. The SMILES string of the molecule is Clc1ccc(-c2nnc(CSc3nnc(N4CCOCC4)n3Cc3ccccc3)o2)cc1. The van der Waals surface area contributed by atoms with Gasteiger partial charge in [-0.3, -0.25) is 4.57 Å². The molecule has 32 heavy (non-hydrogen) atoms. The zero-order valence-electron chi connectivity index (χ0n) is 17.2. The average Bonchev–Trinajstić information content (AvgIpc) is 3.47. The van der Waals surface area contributed by atoms with E-state index in [2.05, 4.69) is 42.0 Å². The molecule has 1 saturated heterocycles. The molecule has 0 amide bonds. The molecule has 164 valence electrons. The molecule has 2 aromatic carbocycles. The Labute approximate surface area is 194 Å². The van der Waals surface area contributed by atoms with E-state index in [9.17, 15) is 0 Å². The third kappa shape index (κ3) is 4.79. The maximum atomic E-state index is 5.96. The molecule has 10 heteroatoms. The third-order valence-electron chi connectivity index (χ3n) is 5.06. The van der Waals surface area contributed by atoms with Gasteiger partial charge in [0.05, 0.1) is 25.5 Å². The summed E-state index contributed by atoms with van der Waals surface area (Å²) in [5.41, 5.74) is 2.02. The summed E-state index contributed by atoms with van der Waals surface area (Å²) in [6, 6.07) is 17.6. The Bertz CT molecular complexity index is 1160. The Morgan fingerprint density at radius 3 is 2.47 bits per heavy atom. The van der Waals surface area contributed by atoms with Crippen molar-refractivity contribution in [3.05, 3.63) is 71.1 Å². The van der Waals surface area contributed by atoms with Gasteiger partial charge in [-0.1, -0.05) is 53.7 Å². The topological polar surface area (TPSA) is 82.1 Å². The maximum Gasteiger partial charge on any atom is 0.247 e. The minimum atomic E-state index is 0.469. The first-order valence-electron chi connectivity index (χ1n) is 10.3. The number of aromatic nitrogens is 5. The first-order chi connectivity index (χ1) is 15.8. The van der Waals surface area contributed by atoms with Gasteiger partial charge in [0, 0.05) is 23.7 Å². The fourth-order valence-corrected chi connectivity index (χ4v) is 4.33. The number of halogens is 1. The highest BCUT2D eigenvalue weighted by Gasteiger charge is 2.21. The van der Waals surface area contributed by atoms with Crippen LogP contribution in [0.3, 0.4) is 0 Å². The number of rotatable bonds is 7. The van der Waals surface area contributed by atoms with Crippen molar-refractivity contribution < 1.29 is 9.15 Å². The molecule has 0 N–H and O–H groups in total. The number of ether oxygens (including phenoxy) is 1. The highest BCUT2D eigenvalue weighted by molar-refractivity contribution is 7.98. The van der Waals surface area contributed by atoms with Crippen LogP contribution in [-0.4, -0.2) is 51.3 Å². The molecule has 8 nitrogen and oxygen atoms in total. The summed E-state index contributed by atoms with van der Waals surface area (Å²) in [4.78, 5) is 2.22. The van der Waals surface area contributed by atoms with Crippen molar-refractivity contribution in [3.8, 4) is 11.5 Å². The van der Waals surface area contributed by atoms with Crippen molar-refractivity contribution in [2.45, 2.75) is 17.5 Å². The second kappa shape index (κ2) is 9.72. The van der Waals surface area contributed by atoms with E-state index >= 15 is 0 Å². The van der Waals surface area contributed by atoms with Crippen molar-refractivity contribution in [2.24, 2.45) is 0 Å². The van der Waals surface area contributed by atoms with E-state index in [4.69, 9.17) is 20.8 Å². The van der Waals surface area contributed by atoms with Crippen LogP contribution in [0, 0.1) is 0 Å². The predicted molar refractivity (Wildman–Crippen MR) is 123 cm³/mol. The van der Waals surface area contributed by atoms with Gasteiger partial charge in [0.25, 0.3) is 0 Å². The highest BCUT2D eigenvalue weighted by Crippen LogP contribution is 2.28. The lowest BCUT2D eigenvalue weighted by Crippen LogP contribution is -2.38. The molecule has 2 aromatic heterocycles. The second-order valence-electron chi connectivity index (χ2n) is 7.25. The molecule has 3 heterocycles. The van der Waals surface area contributed by atoms with E-state index < -0.39 is 0 Å². The number of anilines is 1. The van der Waals surface area contributed by atoms with Crippen molar-refractivity contribution in [1.82, 2.24) is 25.0 Å². The molecule has 1 aliphatic rings. The van der Waals surface area contributed by atoms with Gasteiger partial charge in [-0.25, -0.2) is 0 Å². The number of hydrogen-bond acceptors (Lipinski definition) is 8. The zero-order chi connectivity index (χ0) is 21.8. The lowest BCUT2D eigenvalue weighted by atomic mass is 10.2. The van der Waals surface area contributed by atoms with Crippen LogP contribution in [-0.2, 0) is 17.0 Å². The summed E-state index contributed by atoms with van der Waals surface area (Å²) in [6.07, 6.45) is 0. The Kier molecular flexibility index (Phi) is 6.38. The number of benzene rings is 2. The Balaban J connectivity index is 1.35. The quantitative estimate of drug-likeness (QED) is 0.374. The van der Waals surface area contributed by atoms with Gasteiger partial charge in [0.2, 0.25) is 17.7 Å². The van der Waals surface area contributed by atoms with Crippen LogP contribution in [0.2, 0.25) is 5.02 Å². The Morgan fingerprint density at radius 2 is 1.69 bits per heavy atom. The molecular formula is C22H21ClN6O2S. The molecule has 0 aliphatic carbocycles. The largest absolute Gasteiger partial charge is 0.420 e. The summed E-state index contributed by atoms with van der Waals surface area (Å²) in [5, 5.41) is 18.8. The van der Waals surface area contributed by atoms with E-state index in [1.54, 1.807) is 12.1 Å². The smallest absolute Gasteiger partial charge is 0.247 e. The van der Waals surface area contributed by atoms with Crippen LogP contribution in [0.25, 0.3) is 11.5 Å². The van der Waals surface area contributed by atoms with E-state index in [1.807, 2.05) is 30.3 Å². The van der Waals surface area contributed by atoms with Gasteiger partial charge >= 0.3 is 0 Å². The third-order valence-corrected chi connectivity index (χ3v) is 6.26. The van der Waals surface area contributed by atoms with Gasteiger partial charge in [-0.15, -0.1) is 20.4 Å². The summed E-state index contributed by atoms with van der Waals surface area (Å²) in [5.74, 6) is 2.35. The molecule has 0 saturated carbocycles. The molecule has 0 bridgehead atoms. The molecule has 0 atom stereocenters. The fraction of sp³-hybridized carbons (Fsp3) is 0.273. The zero-order valence-corrected chi connectivity index (χ0v) is 18.8. The van der Waals surface area contributed by atoms with Crippen LogP contribution >= 0.6 is 23.4 Å². The summed E-state index contributed by atoms with van der Waals surface area (Å²) in [7, 11) is 0. The Morgan fingerprint density at radius 1 is 0.906 bits per heavy atom. The minimum absolute atomic E-state index is 0.469. The lowest BCUT2D eigenvalue weighted by Gasteiger charge is -2.28. The monoisotopic (exact) mass is 468 g/mol. The molecule has 1 aliphatic heterocycles. The van der Waals surface area contributed by atoms with Crippen LogP contribution in [0.5, 0.6) is 0 Å². The molecule has 0 unspecified atom stereocenters. The van der Waals surface area contributed by atoms with Crippen LogP contribution in [0.15, 0.2) is 64.2 Å². The molecule has 1 fully saturated rings. The first kappa shape index (κ1) is 21.0. The average molecular weight is 469 g/mol. The van der Waals surface area contributed by atoms with Gasteiger partial charge < -0.3 is 14.1 Å². The molecule has 4 aromatic rings. The van der Waals surface area contributed by atoms with Gasteiger partial charge in [0.1, 0.15) is 0 Å². The highest BCUT2D eigenvalue weighted by atomic mass is 35.5. The van der Waals surface area contributed by atoms with Crippen molar-refractivity contribution >= 4 is 29.3 Å². The lowest BCUT2D eigenvalue weighted by molar-refractivity contribution is 0.121. The molecular weight excluding hydrogens is 448 g/mol. The van der Waals surface area contributed by atoms with E-state index in [0.717, 1.165) is 29.8 Å². The normalized spacial score (nSPS) is 14.1. The van der Waals surface area contributed by atoms with Gasteiger partial charge in [0.15, 0.2) is 5.16 Å². The van der Waals surface area contributed by atoms with Crippen LogP contribution in [0.1, 0.15) is 11.5 Å². The molecule has 0 spiro atoms.